The summed E-state index contributed by atoms with van der Waals surface area (Å²) in [7, 11) is -4.27. The average Bonchev–Trinajstić information content (AvgIpc) is 3.02. The highest BCUT2D eigenvalue weighted by atomic mass is 35.5. The minimum Gasteiger partial charge on any atom is -0.352 e. The van der Waals surface area contributed by atoms with Crippen molar-refractivity contribution in [2.75, 3.05) is 10.8 Å². The van der Waals surface area contributed by atoms with Gasteiger partial charge in [-0.1, -0.05) is 79.2 Å². The van der Waals surface area contributed by atoms with E-state index in [0.29, 0.717) is 11.4 Å². The van der Waals surface area contributed by atoms with Gasteiger partial charge in [-0.05, 0) is 73.9 Å². The van der Waals surface area contributed by atoms with Crippen molar-refractivity contribution in [1.29, 1.82) is 0 Å². The standard InChI is InChI=1S/C35H37ClFN3O4S/c1-4-26(3)38-35(42)33(22-27-12-6-5-7-13-27)39(23-28-14-8-9-16-32(28)37)34(41)24-40(30-15-10-11-25(2)21-30)45(43,44)31-19-17-29(36)18-20-31/h5-21,26,33H,4,22-24H2,1-3H3,(H,38,42)/t26-,33-/m0/s1. The zero-order valence-electron chi connectivity index (χ0n) is 25.5. The Kier molecular flexibility index (Phi) is 11.4. The van der Waals surface area contributed by atoms with Gasteiger partial charge in [-0.2, -0.15) is 0 Å². The molecule has 0 saturated heterocycles. The van der Waals surface area contributed by atoms with E-state index in [-0.39, 0.29) is 35.2 Å². The largest absolute Gasteiger partial charge is 0.352 e. The first-order chi connectivity index (χ1) is 21.5. The van der Waals surface area contributed by atoms with Gasteiger partial charge < -0.3 is 10.2 Å². The van der Waals surface area contributed by atoms with Crippen LogP contribution >= 0.6 is 11.6 Å². The molecule has 0 heterocycles. The van der Waals surface area contributed by atoms with Crippen LogP contribution in [0, 0.1) is 12.7 Å². The van der Waals surface area contributed by atoms with E-state index >= 15 is 4.39 Å². The Morgan fingerprint density at radius 1 is 0.911 bits per heavy atom. The highest BCUT2D eigenvalue weighted by Gasteiger charge is 2.35. The topological polar surface area (TPSA) is 86.8 Å². The van der Waals surface area contributed by atoms with Crippen LogP contribution in [0.2, 0.25) is 5.02 Å². The predicted molar refractivity (Wildman–Crippen MR) is 176 cm³/mol. The first-order valence-electron chi connectivity index (χ1n) is 14.7. The molecule has 0 aliphatic carbocycles. The van der Waals surface area contributed by atoms with E-state index in [2.05, 4.69) is 5.32 Å². The number of anilines is 1. The van der Waals surface area contributed by atoms with E-state index < -0.39 is 40.2 Å². The first-order valence-corrected chi connectivity index (χ1v) is 16.5. The Hall–Kier alpha value is -4.21. The third kappa shape index (κ3) is 8.71. The highest BCUT2D eigenvalue weighted by Crippen LogP contribution is 2.27. The molecule has 1 N–H and O–H groups in total. The predicted octanol–water partition coefficient (Wildman–Crippen LogP) is 6.54. The quantitative estimate of drug-likeness (QED) is 0.178. The van der Waals surface area contributed by atoms with Crippen LogP contribution in [-0.4, -0.2) is 43.8 Å². The summed E-state index contributed by atoms with van der Waals surface area (Å²) in [6.07, 6.45) is 0.795. The van der Waals surface area contributed by atoms with E-state index in [1.54, 1.807) is 36.4 Å². The SMILES string of the molecule is CC[C@H](C)NC(=O)[C@H](Cc1ccccc1)N(Cc1ccccc1F)C(=O)CN(c1cccc(C)c1)S(=O)(=O)c1ccc(Cl)cc1. The fourth-order valence-electron chi connectivity index (χ4n) is 4.85. The molecule has 4 aromatic rings. The molecule has 7 nitrogen and oxygen atoms in total. The maximum Gasteiger partial charge on any atom is 0.264 e. The number of benzene rings is 4. The molecule has 0 bridgehead atoms. The van der Waals surface area contributed by atoms with Crippen LogP contribution in [0.3, 0.4) is 0 Å². The number of hydrogen-bond donors (Lipinski definition) is 1. The summed E-state index contributed by atoms with van der Waals surface area (Å²) in [5.41, 5.74) is 2.04. The fraction of sp³-hybridized carbons (Fsp3) is 0.257. The third-order valence-electron chi connectivity index (χ3n) is 7.54. The lowest BCUT2D eigenvalue weighted by Crippen LogP contribution is -2.54. The van der Waals surface area contributed by atoms with Crippen LogP contribution in [0.15, 0.2) is 108 Å². The summed E-state index contributed by atoms with van der Waals surface area (Å²) in [5, 5.41) is 3.33. The molecule has 45 heavy (non-hydrogen) atoms. The lowest BCUT2D eigenvalue weighted by atomic mass is 10.0. The Bertz CT molecular complexity index is 1720. The number of halogens is 2. The number of sulfonamides is 1. The van der Waals surface area contributed by atoms with E-state index in [4.69, 9.17) is 11.6 Å². The number of hydrogen-bond acceptors (Lipinski definition) is 4. The zero-order chi connectivity index (χ0) is 32.6. The van der Waals surface area contributed by atoms with Gasteiger partial charge in [0, 0.05) is 29.6 Å². The van der Waals surface area contributed by atoms with Crippen LogP contribution in [0.5, 0.6) is 0 Å². The molecule has 0 saturated carbocycles. The third-order valence-corrected chi connectivity index (χ3v) is 9.58. The Labute approximate surface area is 269 Å². The van der Waals surface area contributed by atoms with Crippen molar-refractivity contribution in [3.05, 3.63) is 131 Å². The Balaban J connectivity index is 1.82. The first kappa shape index (κ1) is 33.7. The van der Waals surface area contributed by atoms with Crippen molar-refractivity contribution in [2.45, 2.75) is 57.1 Å². The maximum atomic E-state index is 15.0. The van der Waals surface area contributed by atoms with Crippen molar-refractivity contribution in [3.63, 3.8) is 0 Å². The van der Waals surface area contributed by atoms with E-state index in [0.717, 1.165) is 15.4 Å². The fourth-order valence-corrected chi connectivity index (χ4v) is 6.38. The van der Waals surface area contributed by atoms with Gasteiger partial charge in [-0.3, -0.25) is 13.9 Å². The van der Waals surface area contributed by atoms with E-state index in [1.807, 2.05) is 57.2 Å². The summed E-state index contributed by atoms with van der Waals surface area (Å²) in [5.74, 6) is -1.63. The number of nitrogens with one attached hydrogen (secondary N) is 1. The van der Waals surface area contributed by atoms with Gasteiger partial charge in [0.25, 0.3) is 10.0 Å². The van der Waals surface area contributed by atoms with Gasteiger partial charge >= 0.3 is 0 Å². The smallest absolute Gasteiger partial charge is 0.264 e. The van der Waals surface area contributed by atoms with Gasteiger partial charge in [0.1, 0.15) is 18.4 Å². The normalized spacial score (nSPS) is 12.6. The van der Waals surface area contributed by atoms with Gasteiger partial charge in [0.15, 0.2) is 0 Å². The van der Waals surface area contributed by atoms with Gasteiger partial charge in [0.05, 0.1) is 10.6 Å². The van der Waals surface area contributed by atoms with Crippen molar-refractivity contribution in [1.82, 2.24) is 10.2 Å². The minimum absolute atomic E-state index is 0.0581. The summed E-state index contributed by atoms with van der Waals surface area (Å²) >= 11 is 6.03. The molecule has 0 fully saturated rings. The van der Waals surface area contributed by atoms with Crippen LogP contribution in [0.4, 0.5) is 10.1 Å². The maximum absolute atomic E-state index is 15.0. The Morgan fingerprint density at radius 3 is 2.22 bits per heavy atom. The van der Waals surface area contributed by atoms with E-state index in [9.17, 15) is 18.0 Å². The molecule has 2 atom stereocenters. The molecule has 0 unspecified atom stereocenters. The number of nitrogens with zero attached hydrogens (tertiary/aromatic N) is 2. The molecule has 0 aromatic heterocycles. The number of rotatable bonds is 13. The molecule has 0 spiro atoms. The minimum atomic E-state index is -4.27. The van der Waals surface area contributed by atoms with Crippen LogP contribution < -0.4 is 9.62 Å². The Morgan fingerprint density at radius 2 is 1.58 bits per heavy atom. The summed E-state index contributed by atoms with van der Waals surface area (Å²) < 4.78 is 44.2. The molecule has 0 aliphatic rings. The van der Waals surface area contributed by atoms with Crippen LogP contribution in [0.1, 0.15) is 37.0 Å². The van der Waals surface area contributed by atoms with Gasteiger partial charge in [-0.25, -0.2) is 12.8 Å². The lowest BCUT2D eigenvalue weighted by molar-refractivity contribution is -0.140. The van der Waals surface area contributed by atoms with Crippen LogP contribution in [-0.2, 0) is 32.6 Å². The molecular formula is C35H37ClFN3O4S. The number of aryl methyl sites for hydroxylation is 1. The van der Waals surface area contributed by atoms with Gasteiger partial charge in [0.2, 0.25) is 11.8 Å². The molecular weight excluding hydrogens is 613 g/mol. The number of carbonyl (C=O) groups excluding carboxylic acids is 2. The number of carbonyl (C=O) groups is 2. The van der Waals surface area contributed by atoms with Crippen molar-refractivity contribution < 1.29 is 22.4 Å². The second-order valence-corrected chi connectivity index (χ2v) is 13.2. The molecule has 0 radical (unpaired) electrons. The molecule has 236 valence electrons. The molecule has 4 aromatic carbocycles. The number of amides is 2. The lowest BCUT2D eigenvalue weighted by Gasteiger charge is -2.34. The zero-order valence-corrected chi connectivity index (χ0v) is 27.1. The molecule has 2 amide bonds. The molecule has 0 aliphatic heterocycles. The molecule has 4 rings (SSSR count). The summed E-state index contributed by atoms with van der Waals surface area (Å²) in [6.45, 7) is 4.72. The monoisotopic (exact) mass is 649 g/mol. The van der Waals surface area contributed by atoms with E-state index in [1.165, 1.54) is 35.2 Å². The second-order valence-electron chi connectivity index (χ2n) is 10.9. The average molecular weight is 650 g/mol. The van der Waals surface area contributed by atoms with Gasteiger partial charge in [-0.15, -0.1) is 0 Å². The highest BCUT2D eigenvalue weighted by molar-refractivity contribution is 7.92. The van der Waals surface area contributed by atoms with Crippen molar-refractivity contribution in [3.8, 4) is 0 Å². The molecule has 10 heteroatoms. The van der Waals surface area contributed by atoms with Crippen molar-refractivity contribution >= 4 is 39.1 Å². The summed E-state index contributed by atoms with van der Waals surface area (Å²) in [6, 6.07) is 26.4. The van der Waals surface area contributed by atoms with Crippen LogP contribution in [0.25, 0.3) is 0 Å². The summed E-state index contributed by atoms with van der Waals surface area (Å²) in [4.78, 5) is 29.5. The van der Waals surface area contributed by atoms with Crippen molar-refractivity contribution in [2.24, 2.45) is 0 Å². The second kappa shape index (κ2) is 15.2.